The lowest BCUT2D eigenvalue weighted by Gasteiger charge is -2.12. The molecule has 12 heavy (non-hydrogen) atoms. The fourth-order valence-electron chi connectivity index (χ4n) is 1.50. The molecule has 0 radical (unpaired) electrons. The van der Waals surface area contributed by atoms with Crippen LogP contribution in [0.2, 0.25) is 0 Å². The molecule has 1 aliphatic rings. The molecule has 1 aromatic heterocycles. The van der Waals surface area contributed by atoms with Gasteiger partial charge >= 0.3 is 0 Å². The van der Waals surface area contributed by atoms with Crippen molar-refractivity contribution in [2.45, 2.75) is 25.7 Å². The maximum absolute atomic E-state index is 4.30. The molecule has 1 aliphatic heterocycles. The maximum Gasteiger partial charge on any atom is 0.147 e. The van der Waals surface area contributed by atoms with Gasteiger partial charge in [0, 0.05) is 18.9 Å². The van der Waals surface area contributed by atoms with Crippen molar-refractivity contribution in [3.63, 3.8) is 0 Å². The molecule has 2 rings (SSSR count). The zero-order chi connectivity index (χ0) is 8.23. The van der Waals surface area contributed by atoms with E-state index in [1.54, 1.807) is 12.4 Å². The van der Waals surface area contributed by atoms with Crippen LogP contribution in [0.1, 0.15) is 25.0 Å². The van der Waals surface area contributed by atoms with Crippen molar-refractivity contribution in [2.75, 3.05) is 11.9 Å². The number of aromatic nitrogens is 2. The lowest BCUT2D eigenvalue weighted by molar-refractivity contribution is 0.672. The van der Waals surface area contributed by atoms with Crippen LogP contribution in [0.3, 0.4) is 0 Å². The molecule has 3 nitrogen and oxygen atoms in total. The maximum atomic E-state index is 4.30. The average molecular weight is 163 g/mol. The number of anilines is 1. The van der Waals surface area contributed by atoms with Crippen LogP contribution in [0.25, 0.3) is 0 Å². The van der Waals surface area contributed by atoms with Gasteiger partial charge in [-0.25, -0.2) is 4.98 Å². The van der Waals surface area contributed by atoms with E-state index < -0.39 is 0 Å². The quantitative estimate of drug-likeness (QED) is 0.631. The Morgan fingerprint density at radius 2 is 2.00 bits per heavy atom. The molecule has 0 fully saturated rings. The summed E-state index contributed by atoms with van der Waals surface area (Å²) in [5.41, 5.74) is 1.12. The van der Waals surface area contributed by atoms with E-state index in [2.05, 4.69) is 15.3 Å². The molecule has 0 saturated heterocycles. The zero-order valence-electron chi connectivity index (χ0n) is 7.08. The molecule has 1 aromatic rings. The molecule has 0 aliphatic carbocycles. The molecular weight excluding hydrogens is 150 g/mol. The summed E-state index contributed by atoms with van der Waals surface area (Å²) >= 11 is 0. The second-order valence-electron chi connectivity index (χ2n) is 3.09. The van der Waals surface area contributed by atoms with Crippen LogP contribution in [0.5, 0.6) is 0 Å². The number of fused-ring (bicyclic) bond motifs is 1. The van der Waals surface area contributed by atoms with E-state index >= 15 is 0 Å². The number of aryl methyl sites for hydroxylation is 1. The van der Waals surface area contributed by atoms with Crippen molar-refractivity contribution in [1.82, 2.24) is 9.97 Å². The predicted octanol–water partition coefficient (Wildman–Crippen LogP) is 1.61. The zero-order valence-corrected chi connectivity index (χ0v) is 7.08. The molecule has 0 aromatic carbocycles. The lowest BCUT2D eigenvalue weighted by Crippen LogP contribution is -2.10. The molecule has 0 saturated carbocycles. The Hall–Kier alpha value is -1.12. The van der Waals surface area contributed by atoms with Crippen LogP contribution < -0.4 is 5.32 Å². The van der Waals surface area contributed by atoms with Gasteiger partial charge in [-0.3, -0.25) is 4.98 Å². The first-order chi connectivity index (χ1) is 5.97. The molecule has 3 heteroatoms. The highest BCUT2D eigenvalue weighted by Gasteiger charge is 2.06. The first-order valence-electron chi connectivity index (χ1n) is 4.50. The number of nitrogens with zero attached hydrogens (tertiary/aromatic N) is 2. The second-order valence-corrected chi connectivity index (χ2v) is 3.09. The van der Waals surface area contributed by atoms with Crippen molar-refractivity contribution >= 4 is 5.82 Å². The van der Waals surface area contributed by atoms with Crippen LogP contribution >= 0.6 is 0 Å². The van der Waals surface area contributed by atoms with Crippen LogP contribution in [0.15, 0.2) is 12.4 Å². The predicted molar refractivity (Wildman–Crippen MR) is 48.1 cm³/mol. The van der Waals surface area contributed by atoms with Crippen LogP contribution in [-0.4, -0.2) is 16.5 Å². The van der Waals surface area contributed by atoms with Crippen LogP contribution in [0, 0.1) is 0 Å². The molecule has 0 atom stereocenters. The van der Waals surface area contributed by atoms with E-state index in [1.807, 2.05) is 0 Å². The summed E-state index contributed by atoms with van der Waals surface area (Å²) in [6.45, 7) is 1.03. The van der Waals surface area contributed by atoms with Gasteiger partial charge in [0.05, 0.1) is 5.69 Å². The third-order valence-corrected chi connectivity index (χ3v) is 2.16. The molecular formula is C9H13N3. The minimum Gasteiger partial charge on any atom is -0.369 e. The first kappa shape index (κ1) is 7.53. The standard InChI is InChI=1S/C9H13N3/c1-2-4-8-9(11-5-3-1)12-7-6-10-8/h6-7H,1-5H2,(H,11,12). The monoisotopic (exact) mass is 163 g/mol. The smallest absolute Gasteiger partial charge is 0.147 e. The van der Waals surface area contributed by atoms with Crippen molar-refractivity contribution in [1.29, 1.82) is 0 Å². The Morgan fingerprint density at radius 3 is 3.00 bits per heavy atom. The summed E-state index contributed by atoms with van der Waals surface area (Å²) in [7, 11) is 0. The molecule has 64 valence electrons. The lowest BCUT2D eigenvalue weighted by atomic mass is 10.1. The molecule has 0 spiro atoms. The molecule has 1 N–H and O–H groups in total. The SMILES string of the molecule is c1cnc2c(n1)CCCCCN2. The summed E-state index contributed by atoms with van der Waals surface area (Å²) < 4.78 is 0. The number of nitrogens with one attached hydrogen (secondary N) is 1. The fourth-order valence-corrected chi connectivity index (χ4v) is 1.50. The first-order valence-corrected chi connectivity index (χ1v) is 4.50. The average Bonchev–Trinajstić information content (AvgIpc) is 2.06. The highest BCUT2D eigenvalue weighted by atomic mass is 15.0. The summed E-state index contributed by atoms with van der Waals surface area (Å²) in [5.74, 6) is 0.984. The van der Waals surface area contributed by atoms with Gasteiger partial charge in [-0.1, -0.05) is 6.42 Å². The van der Waals surface area contributed by atoms with E-state index in [0.717, 1.165) is 24.5 Å². The largest absolute Gasteiger partial charge is 0.369 e. The van der Waals surface area contributed by atoms with Crippen LogP contribution in [-0.2, 0) is 6.42 Å². The Bertz CT molecular complexity index is 233. The Kier molecular flexibility index (Phi) is 2.21. The summed E-state index contributed by atoms with van der Waals surface area (Å²) in [4.78, 5) is 8.54. The Labute approximate surface area is 72.2 Å². The Balaban J connectivity index is 2.24. The molecule has 0 bridgehead atoms. The van der Waals surface area contributed by atoms with E-state index in [4.69, 9.17) is 0 Å². The van der Waals surface area contributed by atoms with Gasteiger partial charge in [0.15, 0.2) is 0 Å². The minimum atomic E-state index is 0.984. The van der Waals surface area contributed by atoms with Gasteiger partial charge in [0.1, 0.15) is 5.82 Å². The molecule has 2 heterocycles. The number of hydrogen-bond acceptors (Lipinski definition) is 3. The summed E-state index contributed by atoms with van der Waals surface area (Å²) in [6.07, 6.45) is 8.36. The van der Waals surface area contributed by atoms with Crippen molar-refractivity contribution in [3.8, 4) is 0 Å². The second kappa shape index (κ2) is 3.52. The van der Waals surface area contributed by atoms with Gasteiger partial charge < -0.3 is 5.32 Å². The van der Waals surface area contributed by atoms with E-state index in [9.17, 15) is 0 Å². The van der Waals surface area contributed by atoms with E-state index in [1.165, 1.54) is 19.3 Å². The highest BCUT2D eigenvalue weighted by Crippen LogP contribution is 2.15. The Morgan fingerprint density at radius 1 is 1.08 bits per heavy atom. The number of rotatable bonds is 0. The minimum absolute atomic E-state index is 0.984. The normalized spacial score (nSPS) is 17.0. The van der Waals surface area contributed by atoms with Gasteiger partial charge in [-0.2, -0.15) is 0 Å². The fraction of sp³-hybridized carbons (Fsp3) is 0.556. The highest BCUT2D eigenvalue weighted by molar-refractivity contribution is 5.39. The van der Waals surface area contributed by atoms with Gasteiger partial charge in [0.2, 0.25) is 0 Å². The third-order valence-electron chi connectivity index (χ3n) is 2.16. The summed E-state index contributed by atoms with van der Waals surface area (Å²) in [6, 6.07) is 0. The van der Waals surface area contributed by atoms with E-state index in [0.29, 0.717) is 0 Å². The van der Waals surface area contributed by atoms with Crippen molar-refractivity contribution < 1.29 is 0 Å². The molecule has 0 unspecified atom stereocenters. The van der Waals surface area contributed by atoms with Gasteiger partial charge in [0.25, 0.3) is 0 Å². The molecule has 0 amide bonds. The van der Waals surface area contributed by atoms with Crippen LogP contribution in [0.4, 0.5) is 5.82 Å². The van der Waals surface area contributed by atoms with E-state index in [-0.39, 0.29) is 0 Å². The van der Waals surface area contributed by atoms with Crippen molar-refractivity contribution in [3.05, 3.63) is 18.1 Å². The van der Waals surface area contributed by atoms with Crippen molar-refractivity contribution in [2.24, 2.45) is 0 Å². The number of hydrogen-bond donors (Lipinski definition) is 1. The topological polar surface area (TPSA) is 37.8 Å². The third kappa shape index (κ3) is 1.55. The van der Waals surface area contributed by atoms with Gasteiger partial charge in [-0.05, 0) is 19.3 Å². The van der Waals surface area contributed by atoms with Gasteiger partial charge in [-0.15, -0.1) is 0 Å². The summed E-state index contributed by atoms with van der Waals surface area (Å²) in [5, 5.41) is 3.29.